The van der Waals surface area contributed by atoms with Crippen molar-refractivity contribution >= 4 is 5.91 Å². The molecule has 20 heavy (non-hydrogen) atoms. The van der Waals surface area contributed by atoms with E-state index < -0.39 is 0 Å². The van der Waals surface area contributed by atoms with Crippen LogP contribution in [0.3, 0.4) is 0 Å². The van der Waals surface area contributed by atoms with Crippen LogP contribution in [0.25, 0.3) is 11.4 Å². The number of hydrogen-bond donors (Lipinski definition) is 1. The zero-order chi connectivity index (χ0) is 14.4. The summed E-state index contributed by atoms with van der Waals surface area (Å²) in [4.78, 5) is 19.7. The first kappa shape index (κ1) is 14.0. The summed E-state index contributed by atoms with van der Waals surface area (Å²) in [6.45, 7) is 3.80. The molecule has 0 aliphatic heterocycles. The van der Waals surface area contributed by atoms with Crippen LogP contribution in [0.2, 0.25) is 0 Å². The second-order valence-corrected chi connectivity index (χ2v) is 4.55. The number of ether oxygens (including phenoxy) is 1. The fourth-order valence-corrected chi connectivity index (χ4v) is 1.65. The van der Waals surface area contributed by atoms with Crippen LogP contribution >= 0.6 is 0 Å². The summed E-state index contributed by atoms with van der Waals surface area (Å²) in [7, 11) is 0. The van der Waals surface area contributed by atoms with Gasteiger partial charge in [-0.2, -0.15) is 0 Å². The summed E-state index contributed by atoms with van der Waals surface area (Å²) in [5.74, 6) is 1.04. The molecule has 1 radical (unpaired) electrons. The monoisotopic (exact) mass is 270 g/mol. The van der Waals surface area contributed by atoms with Crippen LogP contribution in [-0.2, 0) is 4.79 Å². The van der Waals surface area contributed by atoms with Gasteiger partial charge >= 0.3 is 0 Å². The largest absolute Gasteiger partial charge is 0.484 e. The van der Waals surface area contributed by atoms with Crippen LogP contribution in [0.15, 0.2) is 36.5 Å². The number of aromatic nitrogens is 2. The molecule has 0 bridgehead atoms. The quantitative estimate of drug-likeness (QED) is 0.900. The molecule has 5 nitrogen and oxygen atoms in total. The number of nitrogens with one attached hydrogen (secondary N) is 1. The van der Waals surface area contributed by atoms with Crippen molar-refractivity contribution in [2.24, 2.45) is 0 Å². The summed E-state index contributed by atoms with van der Waals surface area (Å²) in [6, 6.07) is 9.04. The van der Waals surface area contributed by atoms with E-state index in [0.29, 0.717) is 11.6 Å². The summed E-state index contributed by atoms with van der Waals surface area (Å²) in [5.41, 5.74) is 0.823. The average molecular weight is 270 g/mol. The maximum absolute atomic E-state index is 11.5. The highest BCUT2D eigenvalue weighted by Crippen LogP contribution is 2.20. The summed E-state index contributed by atoms with van der Waals surface area (Å²) < 4.78 is 5.45. The van der Waals surface area contributed by atoms with Crippen LogP contribution in [0.5, 0.6) is 5.75 Å². The molecule has 0 fully saturated rings. The first-order valence-electron chi connectivity index (χ1n) is 6.37. The molecule has 0 unspecified atom stereocenters. The van der Waals surface area contributed by atoms with E-state index in [1.807, 2.05) is 26.0 Å². The Morgan fingerprint density at radius 3 is 3.00 bits per heavy atom. The van der Waals surface area contributed by atoms with Gasteiger partial charge in [-0.1, -0.05) is 12.1 Å². The molecule has 1 amide bonds. The molecular formula is C15H16N3O2. The van der Waals surface area contributed by atoms with Crippen molar-refractivity contribution in [3.63, 3.8) is 0 Å². The Hall–Kier alpha value is -2.43. The Labute approximate surface area is 118 Å². The maximum atomic E-state index is 11.5. The third-order valence-corrected chi connectivity index (χ3v) is 2.43. The van der Waals surface area contributed by atoms with Gasteiger partial charge in [0.2, 0.25) is 0 Å². The Bertz CT molecular complexity index is 570. The predicted octanol–water partition coefficient (Wildman–Crippen LogP) is 1.85. The number of carbonyl (C=O) groups is 1. The van der Waals surface area contributed by atoms with E-state index in [2.05, 4.69) is 21.5 Å². The average Bonchev–Trinajstić information content (AvgIpc) is 2.46. The normalized spacial score (nSPS) is 10.3. The van der Waals surface area contributed by atoms with E-state index in [4.69, 9.17) is 4.74 Å². The molecule has 1 aromatic carbocycles. The van der Waals surface area contributed by atoms with Gasteiger partial charge in [-0.15, -0.1) is 0 Å². The van der Waals surface area contributed by atoms with E-state index in [0.717, 1.165) is 5.56 Å². The van der Waals surface area contributed by atoms with E-state index in [1.54, 1.807) is 24.4 Å². The first-order chi connectivity index (χ1) is 9.65. The molecule has 1 N–H and O–H groups in total. The number of rotatable bonds is 5. The van der Waals surface area contributed by atoms with Crippen LogP contribution in [-0.4, -0.2) is 28.5 Å². The fourth-order valence-electron chi connectivity index (χ4n) is 1.65. The van der Waals surface area contributed by atoms with Crippen molar-refractivity contribution < 1.29 is 9.53 Å². The van der Waals surface area contributed by atoms with Crippen LogP contribution in [0.1, 0.15) is 13.8 Å². The van der Waals surface area contributed by atoms with E-state index >= 15 is 0 Å². The van der Waals surface area contributed by atoms with Crippen molar-refractivity contribution in [1.82, 2.24) is 15.3 Å². The Morgan fingerprint density at radius 2 is 2.30 bits per heavy atom. The second-order valence-electron chi connectivity index (χ2n) is 4.55. The SMILES string of the molecule is CC(C)NC(=O)COc1cccc(-c2n[c]ccn2)c1. The van der Waals surface area contributed by atoms with Crippen molar-refractivity contribution in [3.8, 4) is 17.1 Å². The van der Waals surface area contributed by atoms with Gasteiger partial charge in [-0.3, -0.25) is 4.79 Å². The standard InChI is InChI=1S/C15H16N3O2/c1-11(2)18-14(19)10-20-13-6-3-5-12(9-13)15-16-7-4-8-17-15/h3-7,9,11H,10H2,1-2H3,(H,18,19). The molecule has 1 aromatic heterocycles. The molecular weight excluding hydrogens is 254 g/mol. The molecule has 5 heteroatoms. The molecule has 0 saturated heterocycles. The summed E-state index contributed by atoms with van der Waals surface area (Å²) in [5, 5.41) is 2.77. The lowest BCUT2D eigenvalue weighted by molar-refractivity contribution is -0.123. The van der Waals surface area contributed by atoms with E-state index in [9.17, 15) is 4.79 Å². The first-order valence-corrected chi connectivity index (χ1v) is 6.37. The smallest absolute Gasteiger partial charge is 0.258 e. The number of hydrogen-bond acceptors (Lipinski definition) is 4. The molecule has 1 heterocycles. The highest BCUT2D eigenvalue weighted by atomic mass is 16.5. The number of nitrogens with zero attached hydrogens (tertiary/aromatic N) is 2. The van der Waals surface area contributed by atoms with Crippen LogP contribution in [0.4, 0.5) is 0 Å². The fraction of sp³-hybridized carbons (Fsp3) is 0.267. The van der Waals surface area contributed by atoms with Crippen molar-refractivity contribution in [2.75, 3.05) is 6.61 Å². The van der Waals surface area contributed by atoms with Crippen LogP contribution < -0.4 is 10.1 Å². The Kier molecular flexibility index (Phi) is 4.65. The molecule has 2 rings (SSSR count). The molecule has 2 aromatic rings. The lowest BCUT2D eigenvalue weighted by Gasteiger charge is -2.10. The minimum Gasteiger partial charge on any atom is -0.484 e. The summed E-state index contributed by atoms with van der Waals surface area (Å²) >= 11 is 0. The topological polar surface area (TPSA) is 64.1 Å². The lowest BCUT2D eigenvalue weighted by Crippen LogP contribution is -2.34. The van der Waals surface area contributed by atoms with Crippen molar-refractivity contribution in [2.45, 2.75) is 19.9 Å². The third-order valence-electron chi connectivity index (χ3n) is 2.43. The van der Waals surface area contributed by atoms with Gasteiger partial charge in [0.15, 0.2) is 12.4 Å². The van der Waals surface area contributed by atoms with Gasteiger partial charge in [0, 0.05) is 17.8 Å². The van der Waals surface area contributed by atoms with Gasteiger partial charge in [0.25, 0.3) is 5.91 Å². The lowest BCUT2D eigenvalue weighted by atomic mass is 10.2. The van der Waals surface area contributed by atoms with Gasteiger partial charge in [-0.05, 0) is 32.0 Å². The molecule has 0 spiro atoms. The molecule has 0 aliphatic rings. The van der Waals surface area contributed by atoms with Gasteiger partial charge in [0.1, 0.15) is 5.75 Å². The van der Waals surface area contributed by atoms with Crippen molar-refractivity contribution in [3.05, 3.63) is 42.7 Å². The molecule has 0 aliphatic carbocycles. The van der Waals surface area contributed by atoms with Crippen molar-refractivity contribution in [1.29, 1.82) is 0 Å². The highest BCUT2D eigenvalue weighted by Gasteiger charge is 2.06. The Balaban J connectivity index is 2.02. The third kappa shape index (κ3) is 4.05. The van der Waals surface area contributed by atoms with E-state index in [-0.39, 0.29) is 18.6 Å². The predicted molar refractivity (Wildman–Crippen MR) is 75.1 cm³/mol. The van der Waals surface area contributed by atoms with E-state index in [1.165, 1.54) is 0 Å². The Morgan fingerprint density at radius 1 is 1.45 bits per heavy atom. The minimum absolute atomic E-state index is 0.0105. The second kappa shape index (κ2) is 6.65. The van der Waals surface area contributed by atoms with Gasteiger partial charge in [-0.25, -0.2) is 9.97 Å². The number of benzene rings is 1. The maximum Gasteiger partial charge on any atom is 0.258 e. The molecule has 103 valence electrons. The molecule has 0 atom stereocenters. The zero-order valence-corrected chi connectivity index (χ0v) is 11.5. The summed E-state index contributed by atoms with van der Waals surface area (Å²) in [6.07, 6.45) is 4.36. The van der Waals surface area contributed by atoms with Gasteiger partial charge < -0.3 is 10.1 Å². The molecule has 0 saturated carbocycles. The number of amides is 1. The van der Waals surface area contributed by atoms with Crippen LogP contribution in [0, 0.1) is 6.20 Å². The minimum atomic E-state index is -0.144. The van der Waals surface area contributed by atoms with Gasteiger partial charge in [0.05, 0.1) is 6.20 Å². The zero-order valence-electron chi connectivity index (χ0n) is 11.5. The highest BCUT2D eigenvalue weighted by molar-refractivity contribution is 5.77. The number of carbonyl (C=O) groups excluding carboxylic acids is 1.